The lowest BCUT2D eigenvalue weighted by Gasteiger charge is -2.30. The van der Waals surface area contributed by atoms with E-state index >= 15 is 0 Å². The Labute approximate surface area is 71.3 Å². The molecule has 2 aliphatic rings. The van der Waals surface area contributed by atoms with Gasteiger partial charge in [0.05, 0.1) is 5.92 Å². The van der Waals surface area contributed by atoms with E-state index in [2.05, 4.69) is 23.3 Å². The van der Waals surface area contributed by atoms with Crippen molar-refractivity contribution in [3.05, 3.63) is 0 Å². The molecule has 11 heavy (non-hydrogen) atoms. The molecule has 62 valence electrons. The number of hydrogen-bond donors (Lipinski definition) is 3. The van der Waals surface area contributed by atoms with Crippen molar-refractivity contribution in [3.63, 3.8) is 0 Å². The van der Waals surface area contributed by atoms with Gasteiger partial charge in [0.25, 0.3) is 0 Å². The highest BCUT2D eigenvalue weighted by molar-refractivity contribution is 7.80. The summed E-state index contributed by atoms with van der Waals surface area (Å²) in [5, 5.41) is 6.01. The Morgan fingerprint density at radius 1 is 1.45 bits per heavy atom. The van der Waals surface area contributed by atoms with Gasteiger partial charge in [-0.3, -0.25) is 10.1 Å². The zero-order valence-corrected chi connectivity index (χ0v) is 7.10. The van der Waals surface area contributed by atoms with Gasteiger partial charge in [-0.2, -0.15) is 0 Å². The van der Waals surface area contributed by atoms with Crippen molar-refractivity contribution in [1.29, 1.82) is 0 Å². The average molecular weight is 172 g/mol. The molecule has 0 aromatic rings. The molecule has 0 aromatic heterocycles. The normalized spacial score (nSPS) is 43.4. The Kier molecular flexibility index (Phi) is 1.81. The molecule has 2 N–H and O–H groups in total. The number of nitrogens with one attached hydrogen (secondary N) is 2. The fourth-order valence-electron chi connectivity index (χ4n) is 1.96. The minimum Gasteiger partial charge on any atom is -0.332 e. The second-order valence-corrected chi connectivity index (χ2v) is 3.74. The summed E-state index contributed by atoms with van der Waals surface area (Å²) in [7, 11) is 0. The quantitative estimate of drug-likeness (QED) is 0.453. The van der Waals surface area contributed by atoms with Crippen LogP contribution in [-0.2, 0) is 4.79 Å². The minimum atomic E-state index is -0.137. The molecule has 1 saturated heterocycles. The van der Waals surface area contributed by atoms with Gasteiger partial charge in [0, 0.05) is 6.04 Å². The van der Waals surface area contributed by atoms with E-state index in [9.17, 15) is 4.79 Å². The molecular formula is C7H12N2OS. The molecule has 1 amide bonds. The van der Waals surface area contributed by atoms with Crippen LogP contribution in [0, 0.1) is 5.92 Å². The summed E-state index contributed by atoms with van der Waals surface area (Å²) in [5.41, 5.74) is -0.137. The first-order valence-electron chi connectivity index (χ1n) is 4.02. The monoisotopic (exact) mass is 172 g/mol. The molecule has 0 aromatic carbocycles. The number of fused-ring (bicyclic) bond motifs is 1. The molecule has 3 unspecified atom stereocenters. The van der Waals surface area contributed by atoms with Crippen molar-refractivity contribution in [3.8, 4) is 0 Å². The lowest BCUT2D eigenvalue weighted by Crippen LogP contribution is -2.57. The first kappa shape index (κ1) is 7.43. The van der Waals surface area contributed by atoms with Crippen LogP contribution in [0.2, 0.25) is 0 Å². The molecule has 3 nitrogen and oxygen atoms in total. The summed E-state index contributed by atoms with van der Waals surface area (Å²) in [5.74, 6) is 0.379. The Bertz CT molecular complexity index is 185. The van der Waals surface area contributed by atoms with Gasteiger partial charge < -0.3 is 5.32 Å². The molecule has 4 heteroatoms. The predicted octanol–water partition coefficient (Wildman–Crippen LogP) is 0.0879. The van der Waals surface area contributed by atoms with Crippen LogP contribution in [0.5, 0.6) is 0 Å². The van der Waals surface area contributed by atoms with Crippen LogP contribution in [0.3, 0.4) is 0 Å². The highest BCUT2D eigenvalue weighted by Crippen LogP contribution is 2.28. The Morgan fingerprint density at radius 3 is 3.09 bits per heavy atom. The van der Waals surface area contributed by atoms with E-state index in [-0.39, 0.29) is 17.3 Å². The van der Waals surface area contributed by atoms with Crippen molar-refractivity contribution in [2.24, 2.45) is 5.92 Å². The summed E-state index contributed by atoms with van der Waals surface area (Å²) in [4.78, 5) is 11.3. The third kappa shape index (κ3) is 1.25. The van der Waals surface area contributed by atoms with Crippen LogP contribution in [0.1, 0.15) is 19.3 Å². The summed E-state index contributed by atoms with van der Waals surface area (Å²) in [6.45, 7) is 0. The lowest BCUT2D eigenvalue weighted by atomic mass is 10.0. The first-order chi connectivity index (χ1) is 5.27. The third-order valence-corrected chi connectivity index (χ3v) is 2.78. The van der Waals surface area contributed by atoms with E-state index in [1.54, 1.807) is 0 Å². The summed E-state index contributed by atoms with van der Waals surface area (Å²) in [6.07, 6.45) is 3.31. The number of rotatable bonds is 0. The van der Waals surface area contributed by atoms with Crippen LogP contribution in [0.15, 0.2) is 0 Å². The minimum absolute atomic E-state index is 0.137. The predicted molar refractivity (Wildman–Crippen MR) is 45.2 cm³/mol. The highest BCUT2D eigenvalue weighted by atomic mass is 32.1. The number of carbonyl (C=O) groups excluding carboxylic acids is 1. The Balaban J connectivity index is 2.10. The zero-order chi connectivity index (χ0) is 7.84. The smallest absolute Gasteiger partial charge is 0.226 e. The van der Waals surface area contributed by atoms with Crippen LogP contribution >= 0.6 is 12.6 Å². The fourth-order valence-corrected chi connectivity index (χ4v) is 2.28. The molecule has 2 fully saturated rings. The van der Waals surface area contributed by atoms with Crippen molar-refractivity contribution >= 4 is 18.5 Å². The van der Waals surface area contributed by atoms with Crippen molar-refractivity contribution in [1.82, 2.24) is 10.6 Å². The molecule has 1 aliphatic heterocycles. The highest BCUT2D eigenvalue weighted by Gasteiger charge is 2.37. The maximum atomic E-state index is 11.3. The molecule has 1 heterocycles. The fraction of sp³-hybridized carbons (Fsp3) is 0.857. The molecule has 0 bridgehead atoms. The molecule has 2 rings (SSSR count). The SMILES string of the molecule is O=C1NC(S)NC2CCCC12. The van der Waals surface area contributed by atoms with Gasteiger partial charge in [-0.15, -0.1) is 12.6 Å². The molecule has 1 aliphatic carbocycles. The topological polar surface area (TPSA) is 41.1 Å². The summed E-state index contributed by atoms with van der Waals surface area (Å²) >= 11 is 4.16. The lowest BCUT2D eigenvalue weighted by molar-refractivity contribution is -0.127. The van der Waals surface area contributed by atoms with Gasteiger partial charge >= 0.3 is 0 Å². The van der Waals surface area contributed by atoms with Crippen molar-refractivity contribution < 1.29 is 4.79 Å². The number of thiol groups is 1. The molecule has 0 radical (unpaired) electrons. The Morgan fingerprint density at radius 2 is 2.27 bits per heavy atom. The van der Waals surface area contributed by atoms with Crippen molar-refractivity contribution in [2.45, 2.75) is 30.8 Å². The van der Waals surface area contributed by atoms with Gasteiger partial charge in [-0.1, -0.05) is 6.42 Å². The average Bonchev–Trinajstić information content (AvgIpc) is 2.34. The van der Waals surface area contributed by atoms with E-state index in [1.807, 2.05) is 0 Å². The van der Waals surface area contributed by atoms with Crippen molar-refractivity contribution in [2.75, 3.05) is 0 Å². The van der Waals surface area contributed by atoms with Gasteiger partial charge in [0.2, 0.25) is 5.91 Å². The van der Waals surface area contributed by atoms with Crippen LogP contribution in [-0.4, -0.2) is 17.4 Å². The first-order valence-corrected chi connectivity index (χ1v) is 4.53. The second-order valence-electron chi connectivity index (χ2n) is 3.22. The molecule has 0 spiro atoms. The van der Waals surface area contributed by atoms with E-state index < -0.39 is 0 Å². The largest absolute Gasteiger partial charge is 0.332 e. The summed E-state index contributed by atoms with van der Waals surface area (Å²) < 4.78 is 0. The third-order valence-electron chi connectivity index (χ3n) is 2.50. The molecular weight excluding hydrogens is 160 g/mol. The zero-order valence-electron chi connectivity index (χ0n) is 6.21. The van der Waals surface area contributed by atoms with E-state index in [0.717, 1.165) is 19.3 Å². The summed E-state index contributed by atoms with van der Waals surface area (Å²) in [6, 6.07) is 0.381. The Hall–Kier alpha value is -0.220. The standard InChI is InChI=1S/C7H12N2OS/c10-6-4-2-1-3-5(4)8-7(11)9-6/h4-5,7-8,11H,1-3H2,(H,9,10). The molecule has 1 saturated carbocycles. The van der Waals surface area contributed by atoms with Crippen LogP contribution in [0.4, 0.5) is 0 Å². The van der Waals surface area contributed by atoms with Gasteiger partial charge in [-0.05, 0) is 12.8 Å². The van der Waals surface area contributed by atoms with Crippen LogP contribution < -0.4 is 10.6 Å². The van der Waals surface area contributed by atoms with E-state index in [0.29, 0.717) is 6.04 Å². The van der Waals surface area contributed by atoms with Crippen LogP contribution in [0.25, 0.3) is 0 Å². The maximum Gasteiger partial charge on any atom is 0.226 e. The maximum absolute atomic E-state index is 11.3. The van der Waals surface area contributed by atoms with E-state index in [1.165, 1.54) is 0 Å². The number of amides is 1. The number of hydrogen-bond acceptors (Lipinski definition) is 3. The van der Waals surface area contributed by atoms with Gasteiger partial charge in [-0.25, -0.2) is 0 Å². The van der Waals surface area contributed by atoms with Gasteiger partial charge in [0.15, 0.2) is 0 Å². The second kappa shape index (κ2) is 2.68. The van der Waals surface area contributed by atoms with E-state index in [4.69, 9.17) is 0 Å². The molecule has 3 atom stereocenters. The van der Waals surface area contributed by atoms with Gasteiger partial charge in [0.1, 0.15) is 5.50 Å². The number of carbonyl (C=O) groups is 1.